The van der Waals surface area contributed by atoms with Gasteiger partial charge >= 0.3 is 11.3 Å². The van der Waals surface area contributed by atoms with E-state index in [4.69, 9.17) is 8.83 Å². The van der Waals surface area contributed by atoms with Gasteiger partial charge in [0, 0.05) is 27.7 Å². The Morgan fingerprint density at radius 1 is 0.833 bits per heavy atom. The lowest BCUT2D eigenvalue weighted by molar-refractivity contribution is 0.468. The van der Waals surface area contributed by atoms with Gasteiger partial charge in [0.05, 0.1) is 17.0 Å². The predicted octanol–water partition coefficient (Wildman–Crippen LogP) is 3.24. The minimum absolute atomic E-state index is 0.127. The van der Waals surface area contributed by atoms with Crippen LogP contribution in [-0.4, -0.2) is 10.1 Å². The summed E-state index contributed by atoms with van der Waals surface area (Å²) in [6.07, 6.45) is 0. The first-order valence-corrected chi connectivity index (χ1v) is 7.26. The molecule has 0 fully saturated rings. The van der Waals surface area contributed by atoms with E-state index in [-0.39, 0.29) is 5.75 Å². The second-order valence-electron chi connectivity index (χ2n) is 5.59. The van der Waals surface area contributed by atoms with E-state index in [2.05, 4.69) is 4.98 Å². The first-order chi connectivity index (χ1) is 11.6. The monoisotopic (exact) mass is 319 g/mol. The lowest BCUT2D eigenvalue weighted by Gasteiger charge is -2.01. The molecule has 24 heavy (non-hydrogen) atoms. The summed E-state index contributed by atoms with van der Waals surface area (Å²) in [6, 6.07) is 11.2. The third-order valence-electron chi connectivity index (χ3n) is 4.22. The predicted molar refractivity (Wildman–Crippen MR) is 89.6 cm³/mol. The van der Waals surface area contributed by atoms with Crippen molar-refractivity contribution in [3.63, 3.8) is 0 Å². The Hall–Kier alpha value is -3.54. The van der Waals surface area contributed by atoms with Crippen molar-refractivity contribution in [2.24, 2.45) is 0 Å². The lowest BCUT2D eigenvalue weighted by Crippen LogP contribution is -1.95. The molecule has 0 aliphatic carbocycles. The highest BCUT2D eigenvalue weighted by atomic mass is 16.4. The Morgan fingerprint density at radius 2 is 1.62 bits per heavy atom. The fraction of sp³-hybridized carbons (Fsp3) is 0. The molecule has 6 nitrogen and oxygen atoms in total. The van der Waals surface area contributed by atoms with Gasteiger partial charge < -0.3 is 18.9 Å². The molecule has 0 aliphatic rings. The van der Waals surface area contributed by atoms with E-state index in [1.54, 1.807) is 24.3 Å². The number of hydrogen-bond acceptors (Lipinski definition) is 5. The van der Waals surface area contributed by atoms with Crippen molar-refractivity contribution in [2.45, 2.75) is 0 Å². The first-order valence-electron chi connectivity index (χ1n) is 7.26. The minimum Gasteiger partial charge on any atom is -0.507 e. The van der Waals surface area contributed by atoms with E-state index in [9.17, 15) is 14.7 Å². The number of aromatic hydroxyl groups is 1. The summed E-state index contributed by atoms with van der Waals surface area (Å²) in [5.74, 6) is -0.127. The van der Waals surface area contributed by atoms with Gasteiger partial charge in [0.1, 0.15) is 11.3 Å². The molecule has 6 heteroatoms. The number of fused-ring (bicyclic) bond motifs is 7. The van der Waals surface area contributed by atoms with E-state index < -0.39 is 11.3 Å². The number of aromatic amines is 1. The van der Waals surface area contributed by atoms with Crippen LogP contribution in [0.4, 0.5) is 0 Å². The van der Waals surface area contributed by atoms with Gasteiger partial charge in [-0.05, 0) is 24.3 Å². The third kappa shape index (κ3) is 1.59. The minimum atomic E-state index is -0.623. The number of H-pyrrole nitrogens is 1. The van der Waals surface area contributed by atoms with Crippen LogP contribution in [0.15, 0.2) is 60.9 Å². The third-order valence-corrected chi connectivity index (χ3v) is 4.22. The second kappa shape index (κ2) is 4.26. The zero-order valence-corrected chi connectivity index (χ0v) is 12.1. The van der Waals surface area contributed by atoms with Crippen molar-refractivity contribution < 1.29 is 13.9 Å². The second-order valence-corrected chi connectivity index (χ2v) is 5.59. The summed E-state index contributed by atoms with van der Waals surface area (Å²) in [5.41, 5.74) is 1.15. The molecular formula is C18H9NO5. The number of benzene rings is 2. The number of aromatic nitrogens is 1. The topological polar surface area (TPSA) is 96.4 Å². The van der Waals surface area contributed by atoms with Gasteiger partial charge in [-0.1, -0.05) is 6.07 Å². The zero-order chi connectivity index (χ0) is 16.4. The average Bonchev–Trinajstić information content (AvgIpc) is 2.94. The van der Waals surface area contributed by atoms with Crippen LogP contribution < -0.4 is 11.3 Å². The molecule has 0 saturated heterocycles. The summed E-state index contributed by atoms with van der Waals surface area (Å²) in [5, 5.41) is 12.9. The van der Waals surface area contributed by atoms with Gasteiger partial charge in [0.2, 0.25) is 0 Å². The molecule has 5 aromatic rings. The molecule has 0 spiro atoms. The Balaban J connectivity index is 2.09. The number of rotatable bonds is 0. The molecular weight excluding hydrogens is 310 g/mol. The van der Waals surface area contributed by atoms with Gasteiger partial charge in [0.25, 0.3) is 0 Å². The van der Waals surface area contributed by atoms with Crippen LogP contribution in [0.5, 0.6) is 5.75 Å². The van der Waals surface area contributed by atoms with Gasteiger partial charge in [-0.25, -0.2) is 9.59 Å². The van der Waals surface area contributed by atoms with Gasteiger partial charge in [-0.15, -0.1) is 0 Å². The molecule has 0 amide bonds. The molecule has 0 bridgehead atoms. The van der Waals surface area contributed by atoms with E-state index in [1.807, 2.05) is 6.07 Å². The summed E-state index contributed by atoms with van der Waals surface area (Å²) in [7, 11) is 0. The van der Waals surface area contributed by atoms with Crippen LogP contribution in [0.1, 0.15) is 0 Å². The number of nitrogens with one attached hydrogen (secondary N) is 1. The molecule has 2 N–H and O–H groups in total. The first kappa shape index (κ1) is 13.0. The fourth-order valence-electron chi connectivity index (χ4n) is 3.22. The average molecular weight is 319 g/mol. The maximum Gasteiger partial charge on any atom is 0.340 e. The summed E-state index contributed by atoms with van der Waals surface area (Å²) in [4.78, 5) is 26.3. The highest BCUT2D eigenvalue weighted by Crippen LogP contribution is 2.36. The molecule has 0 aliphatic heterocycles. The molecule has 0 radical (unpaired) electrons. The molecule has 0 unspecified atom stereocenters. The highest BCUT2D eigenvalue weighted by molar-refractivity contribution is 6.23. The van der Waals surface area contributed by atoms with E-state index in [1.165, 1.54) is 6.07 Å². The van der Waals surface area contributed by atoms with E-state index >= 15 is 0 Å². The quantitative estimate of drug-likeness (QED) is 0.427. The van der Waals surface area contributed by atoms with Crippen LogP contribution in [0.25, 0.3) is 43.7 Å². The van der Waals surface area contributed by atoms with Gasteiger partial charge in [0.15, 0.2) is 5.58 Å². The maximum atomic E-state index is 11.6. The zero-order valence-electron chi connectivity index (χ0n) is 12.1. The molecule has 5 rings (SSSR count). The molecule has 0 atom stereocenters. The van der Waals surface area contributed by atoms with Crippen molar-refractivity contribution >= 4 is 43.7 Å². The van der Waals surface area contributed by atoms with Gasteiger partial charge in [-0.2, -0.15) is 0 Å². The Bertz CT molecular complexity index is 1400. The number of hydrogen-bond donors (Lipinski definition) is 2. The molecule has 3 aromatic heterocycles. The van der Waals surface area contributed by atoms with Crippen molar-refractivity contribution in [2.75, 3.05) is 0 Å². The highest BCUT2D eigenvalue weighted by Gasteiger charge is 2.15. The van der Waals surface area contributed by atoms with Crippen LogP contribution in [0, 0.1) is 0 Å². The van der Waals surface area contributed by atoms with Crippen molar-refractivity contribution in [3.8, 4) is 5.75 Å². The molecule has 116 valence electrons. The standard InChI is InChI=1S/C18H9NO5/c20-12-7-15(22)24-18-8(12)1-2-10-16-9-3-6-14(21)23-13(9)5-4-11(16)19-17(10)18/h1-7,19-20H. The maximum absolute atomic E-state index is 11.6. The van der Waals surface area contributed by atoms with Crippen molar-refractivity contribution in [1.82, 2.24) is 4.98 Å². The normalized spacial score (nSPS) is 11.8. The summed E-state index contributed by atoms with van der Waals surface area (Å²) >= 11 is 0. The van der Waals surface area contributed by atoms with E-state index in [0.29, 0.717) is 22.1 Å². The molecule has 2 aromatic carbocycles. The summed E-state index contributed by atoms with van der Waals surface area (Å²) < 4.78 is 10.5. The SMILES string of the molecule is O=c1ccc2c(ccc3[nH]c4c(ccc5c(O)cc(=O)oc54)c32)o1. The largest absolute Gasteiger partial charge is 0.507 e. The van der Waals surface area contributed by atoms with Gasteiger partial charge in [-0.3, -0.25) is 0 Å². The lowest BCUT2D eigenvalue weighted by atomic mass is 10.1. The van der Waals surface area contributed by atoms with Crippen LogP contribution in [-0.2, 0) is 0 Å². The van der Waals surface area contributed by atoms with Crippen LogP contribution >= 0.6 is 0 Å². The smallest absolute Gasteiger partial charge is 0.340 e. The van der Waals surface area contributed by atoms with Crippen LogP contribution in [0.3, 0.4) is 0 Å². The van der Waals surface area contributed by atoms with Crippen molar-refractivity contribution in [3.05, 3.63) is 63.3 Å². The molecule has 3 heterocycles. The van der Waals surface area contributed by atoms with E-state index in [0.717, 1.165) is 27.7 Å². The Labute approximate surface area is 132 Å². The summed E-state index contributed by atoms with van der Waals surface area (Å²) in [6.45, 7) is 0. The van der Waals surface area contributed by atoms with Crippen LogP contribution in [0.2, 0.25) is 0 Å². The molecule has 0 saturated carbocycles. The Morgan fingerprint density at radius 3 is 2.50 bits per heavy atom. The fourth-order valence-corrected chi connectivity index (χ4v) is 3.22. The van der Waals surface area contributed by atoms with Crippen molar-refractivity contribution in [1.29, 1.82) is 0 Å². The Kier molecular flexibility index (Phi) is 2.30.